The molecule has 6 heteroatoms. The fourth-order valence-electron chi connectivity index (χ4n) is 4.06. The number of aryl methyl sites for hydroxylation is 1. The molecule has 2 fully saturated rings. The van der Waals surface area contributed by atoms with Crippen molar-refractivity contribution in [1.82, 2.24) is 19.4 Å². The molecule has 1 aromatic carbocycles. The lowest BCUT2D eigenvalue weighted by Gasteiger charge is -2.25. The lowest BCUT2D eigenvalue weighted by atomic mass is 10.1. The predicted octanol–water partition coefficient (Wildman–Crippen LogP) is 1.79. The van der Waals surface area contributed by atoms with E-state index in [1.165, 1.54) is 0 Å². The number of aromatic nitrogens is 2. The Morgan fingerprint density at radius 2 is 2.00 bits per heavy atom. The van der Waals surface area contributed by atoms with Gasteiger partial charge < -0.3 is 14.4 Å². The second-order valence-corrected chi connectivity index (χ2v) is 6.73. The fourth-order valence-corrected chi connectivity index (χ4v) is 4.06. The fraction of sp³-hybridized carbons (Fsp3) is 0.421. The van der Waals surface area contributed by atoms with Crippen molar-refractivity contribution >= 4 is 11.8 Å². The van der Waals surface area contributed by atoms with Crippen molar-refractivity contribution in [1.29, 1.82) is 0 Å². The van der Waals surface area contributed by atoms with E-state index in [-0.39, 0.29) is 23.9 Å². The lowest BCUT2D eigenvalue weighted by Crippen LogP contribution is -2.40. The summed E-state index contributed by atoms with van der Waals surface area (Å²) in [5, 5.41) is 0. The molecule has 1 aromatic heterocycles. The molecule has 2 atom stereocenters. The molecule has 2 saturated heterocycles. The summed E-state index contributed by atoms with van der Waals surface area (Å²) in [6, 6.07) is 9.54. The molecule has 2 amide bonds. The maximum Gasteiger partial charge on any atom is 0.254 e. The Labute approximate surface area is 147 Å². The highest BCUT2D eigenvalue weighted by Crippen LogP contribution is 2.33. The van der Waals surface area contributed by atoms with Gasteiger partial charge in [0.2, 0.25) is 5.91 Å². The molecule has 6 nitrogen and oxygen atoms in total. The van der Waals surface area contributed by atoms with Gasteiger partial charge in [0, 0.05) is 44.0 Å². The van der Waals surface area contributed by atoms with E-state index in [1.807, 2.05) is 50.9 Å². The van der Waals surface area contributed by atoms with E-state index in [4.69, 9.17) is 0 Å². The minimum Gasteiger partial charge on any atom is -0.337 e. The average molecular weight is 338 g/mol. The van der Waals surface area contributed by atoms with Gasteiger partial charge in [0.15, 0.2) is 0 Å². The summed E-state index contributed by atoms with van der Waals surface area (Å²) in [6.07, 6.45) is 7.72. The maximum absolute atomic E-state index is 12.8. The highest BCUT2D eigenvalue weighted by atomic mass is 16.2. The van der Waals surface area contributed by atoms with Gasteiger partial charge in [-0.1, -0.05) is 18.2 Å². The molecule has 3 heterocycles. The van der Waals surface area contributed by atoms with Crippen molar-refractivity contribution in [2.24, 2.45) is 0 Å². The SMILES string of the molecule is O=C1C[C@H]2[C@H](CCN2C(=O)c2ccccc2)N1CCCn1ccnc1. The first kappa shape index (κ1) is 15.9. The number of carbonyl (C=O) groups excluding carboxylic acids is 2. The van der Waals surface area contributed by atoms with Gasteiger partial charge in [-0.05, 0) is 25.0 Å². The number of amides is 2. The van der Waals surface area contributed by atoms with E-state index in [0.29, 0.717) is 12.0 Å². The van der Waals surface area contributed by atoms with Crippen molar-refractivity contribution < 1.29 is 9.59 Å². The predicted molar refractivity (Wildman–Crippen MR) is 92.8 cm³/mol. The highest BCUT2D eigenvalue weighted by Gasteiger charge is 2.47. The number of benzene rings is 1. The Bertz CT molecular complexity index is 744. The first-order valence-electron chi connectivity index (χ1n) is 8.85. The Hall–Kier alpha value is -2.63. The van der Waals surface area contributed by atoms with Crippen molar-refractivity contribution in [3.63, 3.8) is 0 Å². The minimum atomic E-state index is 0.0217. The van der Waals surface area contributed by atoms with Crippen LogP contribution in [0.2, 0.25) is 0 Å². The Morgan fingerprint density at radius 3 is 2.76 bits per heavy atom. The smallest absolute Gasteiger partial charge is 0.254 e. The van der Waals surface area contributed by atoms with Crippen LogP contribution in [0.25, 0.3) is 0 Å². The van der Waals surface area contributed by atoms with E-state index in [1.54, 1.807) is 12.5 Å². The van der Waals surface area contributed by atoms with Crippen LogP contribution in [0.4, 0.5) is 0 Å². The summed E-state index contributed by atoms with van der Waals surface area (Å²) >= 11 is 0. The van der Waals surface area contributed by atoms with E-state index in [2.05, 4.69) is 4.98 Å². The Morgan fingerprint density at radius 1 is 1.16 bits per heavy atom. The molecule has 2 aliphatic heterocycles. The van der Waals surface area contributed by atoms with Crippen LogP contribution in [-0.4, -0.2) is 56.3 Å². The van der Waals surface area contributed by atoms with Gasteiger partial charge in [-0.25, -0.2) is 4.98 Å². The van der Waals surface area contributed by atoms with Crippen LogP contribution in [0.3, 0.4) is 0 Å². The van der Waals surface area contributed by atoms with Gasteiger partial charge in [-0.2, -0.15) is 0 Å². The molecule has 4 rings (SSSR count). The molecule has 2 aliphatic rings. The second-order valence-electron chi connectivity index (χ2n) is 6.73. The van der Waals surface area contributed by atoms with Gasteiger partial charge in [0.05, 0.1) is 18.4 Å². The molecule has 0 N–H and O–H groups in total. The molecule has 130 valence electrons. The molecule has 2 aromatic rings. The van der Waals surface area contributed by atoms with Crippen molar-refractivity contribution in [3.8, 4) is 0 Å². The maximum atomic E-state index is 12.8. The number of hydrogen-bond donors (Lipinski definition) is 0. The van der Waals surface area contributed by atoms with Gasteiger partial charge in [0.1, 0.15) is 0 Å². The third-order valence-electron chi connectivity index (χ3n) is 5.27. The van der Waals surface area contributed by atoms with Crippen LogP contribution in [0, 0.1) is 0 Å². The highest BCUT2D eigenvalue weighted by molar-refractivity contribution is 5.95. The molecule has 25 heavy (non-hydrogen) atoms. The minimum absolute atomic E-state index is 0.0217. The zero-order valence-electron chi connectivity index (χ0n) is 14.1. The molecular weight excluding hydrogens is 316 g/mol. The van der Waals surface area contributed by atoms with Crippen molar-refractivity contribution in [2.75, 3.05) is 13.1 Å². The Kier molecular flexibility index (Phi) is 4.26. The first-order chi connectivity index (χ1) is 12.2. The number of rotatable bonds is 5. The largest absolute Gasteiger partial charge is 0.337 e. The van der Waals surface area contributed by atoms with E-state index in [0.717, 1.165) is 32.5 Å². The van der Waals surface area contributed by atoms with Crippen molar-refractivity contribution in [2.45, 2.75) is 37.9 Å². The third kappa shape index (κ3) is 3.04. The molecule has 0 aliphatic carbocycles. The van der Waals surface area contributed by atoms with Gasteiger partial charge >= 0.3 is 0 Å². The van der Waals surface area contributed by atoms with Crippen LogP contribution >= 0.6 is 0 Å². The van der Waals surface area contributed by atoms with E-state index < -0.39 is 0 Å². The summed E-state index contributed by atoms with van der Waals surface area (Å²) in [4.78, 5) is 33.1. The van der Waals surface area contributed by atoms with Crippen LogP contribution in [0.1, 0.15) is 29.6 Å². The standard InChI is InChI=1S/C19H22N4O2/c24-18-13-17-16(22(18)10-4-9-21-12-8-20-14-21)7-11-23(17)19(25)15-5-2-1-3-6-15/h1-3,5-6,8,12,14,16-17H,4,7,9-11,13H2/t16-,17-/m0/s1. The van der Waals surface area contributed by atoms with Crippen LogP contribution in [0.5, 0.6) is 0 Å². The number of fused-ring (bicyclic) bond motifs is 1. The number of likely N-dealkylation sites (tertiary alicyclic amines) is 2. The zero-order chi connectivity index (χ0) is 17.2. The quantitative estimate of drug-likeness (QED) is 0.835. The summed E-state index contributed by atoms with van der Waals surface area (Å²) in [5.41, 5.74) is 0.703. The zero-order valence-corrected chi connectivity index (χ0v) is 14.1. The lowest BCUT2D eigenvalue weighted by molar-refractivity contribution is -0.129. The van der Waals surface area contributed by atoms with Gasteiger partial charge in [-0.3, -0.25) is 9.59 Å². The second kappa shape index (κ2) is 6.70. The van der Waals surface area contributed by atoms with E-state index >= 15 is 0 Å². The van der Waals surface area contributed by atoms with Gasteiger partial charge in [-0.15, -0.1) is 0 Å². The first-order valence-corrected chi connectivity index (χ1v) is 8.85. The number of hydrogen-bond acceptors (Lipinski definition) is 3. The Balaban J connectivity index is 1.40. The summed E-state index contributed by atoms with van der Waals surface area (Å²) in [5.74, 6) is 0.215. The van der Waals surface area contributed by atoms with Crippen LogP contribution < -0.4 is 0 Å². The topological polar surface area (TPSA) is 58.4 Å². The number of imidazole rings is 1. The molecule has 0 spiro atoms. The molecular formula is C19H22N4O2. The molecule has 0 unspecified atom stereocenters. The summed E-state index contributed by atoms with van der Waals surface area (Å²) in [7, 11) is 0. The molecule has 0 saturated carbocycles. The van der Waals surface area contributed by atoms with Crippen molar-refractivity contribution in [3.05, 3.63) is 54.6 Å². The summed E-state index contributed by atoms with van der Waals surface area (Å²) in [6.45, 7) is 2.33. The average Bonchev–Trinajstić information content (AvgIpc) is 3.34. The van der Waals surface area contributed by atoms with Crippen LogP contribution in [0.15, 0.2) is 49.1 Å². The number of nitrogens with zero attached hydrogens (tertiary/aromatic N) is 4. The van der Waals surface area contributed by atoms with Gasteiger partial charge in [0.25, 0.3) is 5.91 Å². The summed E-state index contributed by atoms with van der Waals surface area (Å²) < 4.78 is 2.03. The molecule has 0 radical (unpaired) electrons. The van der Waals surface area contributed by atoms with Crippen LogP contribution in [-0.2, 0) is 11.3 Å². The normalized spacial score (nSPS) is 22.5. The molecule has 0 bridgehead atoms. The third-order valence-corrected chi connectivity index (χ3v) is 5.27. The monoisotopic (exact) mass is 338 g/mol. The van der Waals surface area contributed by atoms with E-state index in [9.17, 15) is 9.59 Å². The number of carbonyl (C=O) groups is 2.